The molecule has 0 aliphatic heterocycles. The second-order valence-corrected chi connectivity index (χ2v) is 5.56. The van der Waals surface area contributed by atoms with Crippen LogP contribution in [0.25, 0.3) is 0 Å². The molecule has 3 nitrogen and oxygen atoms in total. The molecule has 17 heavy (non-hydrogen) atoms. The standard InChI is InChI=1S/C13H16N2OS/c1-13(2,14)11-8-15-12(17-11)9-16-10-6-4-3-5-7-10/h3-8H,9,14H2,1-2H3. The molecule has 0 spiro atoms. The van der Waals surface area contributed by atoms with Crippen LogP contribution in [-0.4, -0.2) is 4.98 Å². The Morgan fingerprint density at radius 3 is 2.59 bits per heavy atom. The SMILES string of the molecule is CC(C)(N)c1cnc(COc2ccccc2)s1. The number of aromatic nitrogens is 1. The van der Waals surface area contributed by atoms with Crippen molar-refractivity contribution >= 4 is 11.3 Å². The van der Waals surface area contributed by atoms with Gasteiger partial charge in [-0.15, -0.1) is 11.3 Å². The lowest BCUT2D eigenvalue weighted by molar-refractivity contribution is 0.305. The van der Waals surface area contributed by atoms with Crippen molar-refractivity contribution in [2.75, 3.05) is 0 Å². The third kappa shape index (κ3) is 3.28. The number of ether oxygens (including phenoxy) is 1. The molecule has 2 N–H and O–H groups in total. The van der Waals surface area contributed by atoms with Crippen molar-refractivity contribution in [2.45, 2.75) is 26.0 Å². The Kier molecular flexibility index (Phi) is 3.45. The van der Waals surface area contributed by atoms with Crippen LogP contribution in [0.15, 0.2) is 36.5 Å². The molecule has 0 unspecified atom stereocenters. The molecule has 0 radical (unpaired) electrons. The second-order valence-electron chi connectivity index (χ2n) is 4.44. The maximum Gasteiger partial charge on any atom is 0.140 e. The van der Waals surface area contributed by atoms with Crippen LogP contribution in [0.5, 0.6) is 5.75 Å². The lowest BCUT2D eigenvalue weighted by atomic mass is 10.1. The molecule has 0 aliphatic carbocycles. The van der Waals surface area contributed by atoms with E-state index in [-0.39, 0.29) is 5.54 Å². The number of rotatable bonds is 4. The molecule has 90 valence electrons. The van der Waals surface area contributed by atoms with Gasteiger partial charge in [0.1, 0.15) is 17.4 Å². The number of nitrogens with two attached hydrogens (primary N) is 1. The molecule has 4 heteroatoms. The Hall–Kier alpha value is -1.39. The zero-order chi connectivity index (χ0) is 12.3. The summed E-state index contributed by atoms with van der Waals surface area (Å²) in [6, 6.07) is 9.73. The Morgan fingerprint density at radius 1 is 1.29 bits per heavy atom. The van der Waals surface area contributed by atoms with Gasteiger partial charge in [0, 0.05) is 16.6 Å². The fourth-order valence-corrected chi connectivity index (χ4v) is 2.18. The summed E-state index contributed by atoms with van der Waals surface area (Å²) >= 11 is 1.60. The van der Waals surface area contributed by atoms with E-state index in [2.05, 4.69) is 4.98 Å². The Labute approximate surface area is 105 Å². The van der Waals surface area contributed by atoms with Gasteiger partial charge >= 0.3 is 0 Å². The van der Waals surface area contributed by atoms with Gasteiger partial charge in [-0.25, -0.2) is 4.98 Å². The smallest absolute Gasteiger partial charge is 0.140 e. The molecule has 0 saturated heterocycles. The first-order valence-corrected chi connectivity index (χ1v) is 6.29. The van der Waals surface area contributed by atoms with Gasteiger partial charge in [0.2, 0.25) is 0 Å². The number of thiazole rings is 1. The van der Waals surface area contributed by atoms with Gasteiger partial charge < -0.3 is 10.5 Å². The number of hydrogen-bond donors (Lipinski definition) is 1. The molecule has 0 aliphatic rings. The molecule has 2 aromatic rings. The van der Waals surface area contributed by atoms with Crippen LogP contribution < -0.4 is 10.5 Å². The molecule has 1 aromatic carbocycles. The van der Waals surface area contributed by atoms with E-state index < -0.39 is 0 Å². The summed E-state index contributed by atoms with van der Waals surface area (Å²) in [4.78, 5) is 5.38. The van der Waals surface area contributed by atoms with Gasteiger partial charge in [-0.3, -0.25) is 0 Å². The fraction of sp³-hybridized carbons (Fsp3) is 0.308. The Bertz CT molecular complexity index is 474. The van der Waals surface area contributed by atoms with E-state index in [4.69, 9.17) is 10.5 Å². The topological polar surface area (TPSA) is 48.1 Å². The minimum absolute atomic E-state index is 0.331. The van der Waals surface area contributed by atoms with Crippen LogP contribution in [-0.2, 0) is 12.1 Å². The van der Waals surface area contributed by atoms with Gasteiger partial charge in [0.15, 0.2) is 0 Å². The van der Waals surface area contributed by atoms with E-state index in [1.165, 1.54) is 0 Å². The van der Waals surface area contributed by atoms with Crippen molar-refractivity contribution < 1.29 is 4.74 Å². The second kappa shape index (κ2) is 4.85. The highest BCUT2D eigenvalue weighted by Gasteiger charge is 2.17. The van der Waals surface area contributed by atoms with E-state index in [0.717, 1.165) is 15.6 Å². The van der Waals surface area contributed by atoms with Gasteiger partial charge in [0.05, 0.1) is 0 Å². The summed E-state index contributed by atoms with van der Waals surface area (Å²) in [6.07, 6.45) is 1.83. The highest BCUT2D eigenvalue weighted by Crippen LogP contribution is 2.24. The van der Waals surface area contributed by atoms with Crippen LogP contribution in [0.4, 0.5) is 0 Å². The van der Waals surface area contributed by atoms with Crippen molar-refractivity contribution in [1.82, 2.24) is 4.98 Å². The van der Waals surface area contributed by atoms with Gasteiger partial charge in [-0.05, 0) is 26.0 Å². The zero-order valence-electron chi connectivity index (χ0n) is 10.0. The van der Waals surface area contributed by atoms with E-state index >= 15 is 0 Å². The molecule has 2 rings (SSSR count). The summed E-state index contributed by atoms with van der Waals surface area (Å²) in [5.41, 5.74) is 5.68. The lowest BCUT2D eigenvalue weighted by Gasteiger charge is -2.14. The fourth-order valence-electron chi connectivity index (χ4n) is 1.34. The zero-order valence-corrected chi connectivity index (χ0v) is 10.8. The quantitative estimate of drug-likeness (QED) is 0.905. The first kappa shape index (κ1) is 12.1. The largest absolute Gasteiger partial charge is 0.486 e. The molecule has 1 aromatic heterocycles. The maximum atomic E-state index is 6.01. The number of hydrogen-bond acceptors (Lipinski definition) is 4. The van der Waals surface area contributed by atoms with E-state index in [9.17, 15) is 0 Å². The summed E-state index contributed by atoms with van der Waals surface area (Å²) in [7, 11) is 0. The molecule has 0 bridgehead atoms. The lowest BCUT2D eigenvalue weighted by Crippen LogP contribution is -2.27. The van der Waals surface area contributed by atoms with E-state index in [1.807, 2.05) is 50.4 Å². The van der Waals surface area contributed by atoms with E-state index in [1.54, 1.807) is 11.3 Å². The average molecular weight is 248 g/mol. The Morgan fingerprint density at radius 2 is 2.00 bits per heavy atom. The normalized spacial score (nSPS) is 11.5. The molecule has 0 atom stereocenters. The van der Waals surface area contributed by atoms with Crippen LogP contribution in [0.2, 0.25) is 0 Å². The van der Waals surface area contributed by atoms with E-state index in [0.29, 0.717) is 6.61 Å². The van der Waals surface area contributed by atoms with Gasteiger partial charge in [0.25, 0.3) is 0 Å². The van der Waals surface area contributed by atoms with Crippen molar-refractivity contribution in [1.29, 1.82) is 0 Å². The van der Waals surface area contributed by atoms with Crippen molar-refractivity contribution in [3.05, 3.63) is 46.4 Å². The Balaban J connectivity index is 1.99. The summed E-state index contributed by atoms with van der Waals surface area (Å²) in [5, 5.41) is 0.947. The number of para-hydroxylation sites is 1. The third-order valence-electron chi connectivity index (χ3n) is 2.29. The first-order chi connectivity index (χ1) is 8.05. The van der Waals surface area contributed by atoms with Crippen LogP contribution >= 0.6 is 11.3 Å². The predicted octanol–water partition coefficient (Wildman–Crippen LogP) is 2.92. The molecule has 0 fully saturated rings. The monoisotopic (exact) mass is 248 g/mol. The summed E-state index contributed by atoms with van der Waals surface area (Å²) < 4.78 is 5.63. The summed E-state index contributed by atoms with van der Waals surface area (Å²) in [5.74, 6) is 0.858. The third-order valence-corrected chi connectivity index (χ3v) is 3.60. The summed E-state index contributed by atoms with van der Waals surface area (Å²) in [6.45, 7) is 4.44. The highest BCUT2D eigenvalue weighted by atomic mass is 32.1. The number of benzene rings is 1. The van der Waals surface area contributed by atoms with Crippen LogP contribution in [0.1, 0.15) is 23.7 Å². The molecule has 0 amide bonds. The molecular weight excluding hydrogens is 232 g/mol. The van der Waals surface area contributed by atoms with Gasteiger partial charge in [-0.2, -0.15) is 0 Å². The molecule has 0 saturated carbocycles. The minimum atomic E-state index is -0.331. The maximum absolute atomic E-state index is 6.01. The molecule has 1 heterocycles. The van der Waals surface area contributed by atoms with Crippen LogP contribution in [0.3, 0.4) is 0 Å². The van der Waals surface area contributed by atoms with Crippen molar-refractivity contribution in [3.63, 3.8) is 0 Å². The first-order valence-electron chi connectivity index (χ1n) is 5.47. The minimum Gasteiger partial charge on any atom is -0.486 e. The molecular formula is C13H16N2OS. The van der Waals surface area contributed by atoms with Crippen molar-refractivity contribution in [2.24, 2.45) is 5.73 Å². The predicted molar refractivity (Wildman–Crippen MR) is 70.1 cm³/mol. The van der Waals surface area contributed by atoms with Crippen LogP contribution in [0, 0.1) is 0 Å². The van der Waals surface area contributed by atoms with Gasteiger partial charge in [-0.1, -0.05) is 18.2 Å². The average Bonchev–Trinajstić information content (AvgIpc) is 2.76. The number of nitrogens with zero attached hydrogens (tertiary/aromatic N) is 1. The highest BCUT2D eigenvalue weighted by molar-refractivity contribution is 7.11. The van der Waals surface area contributed by atoms with Crippen molar-refractivity contribution in [3.8, 4) is 5.75 Å².